The van der Waals surface area contributed by atoms with E-state index in [9.17, 15) is 4.79 Å². The Morgan fingerprint density at radius 1 is 1.56 bits per heavy atom. The molecule has 0 saturated carbocycles. The molecular weight excluding hydrogens is 208 g/mol. The van der Waals surface area contributed by atoms with Crippen molar-refractivity contribution in [2.45, 2.75) is 45.0 Å². The Hall–Kier alpha value is -0.870. The van der Waals surface area contributed by atoms with E-state index in [1.54, 1.807) is 0 Å². The second-order valence-corrected chi connectivity index (χ2v) is 4.26. The molecule has 0 unspecified atom stereocenters. The predicted molar refractivity (Wildman–Crippen MR) is 59.9 cm³/mol. The summed E-state index contributed by atoms with van der Waals surface area (Å²) in [6.45, 7) is 4.40. The average molecular weight is 228 g/mol. The number of rotatable bonds is 5. The Labute approximate surface area is 96.6 Å². The minimum Gasteiger partial charge on any atom is -0.469 e. The number of ether oxygens (including phenoxy) is 3. The number of methoxy groups -OCH3 is 1. The zero-order chi connectivity index (χ0) is 12.0. The molecule has 0 aromatic heterocycles. The molecule has 1 heterocycles. The van der Waals surface area contributed by atoms with E-state index < -0.39 is 5.79 Å². The molecule has 0 radical (unpaired) electrons. The van der Waals surface area contributed by atoms with E-state index in [4.69, 9.17) is 9.47 Å². The number of carbonyl (C=O) groups excluding carboxylic acids is 1. The van der Waals surface area contributed by atoms with Crippen LogP contribution in [0.15, 0.2) is 12.2 Å². The van der Waals surface area contributed by atoms with Crippen molar-refractivity contribution < 1.29 is 19.0 Å². The van der Waals surface area contributed by atoms with Crippen molar-refractivity contribution in [1.29, 1.82) is 0 Å². The van der Waals surface area contributed by atoms with Crippen LogP contribution in [-0.4, -0.2) is 31.6 Å². The number of unbranched alkanes of at least 4 members (excludes halogenated alkanes) is 1. The third-order valence-corrected chi connectivity index (χ3v) is 2.36. The summed E-state index contributed by atoms with van der Waals surface area (Å²) in [5.74, 6) is -0.629. The Balaban J connectivity index is 2.11. The normalized spacial score (nSPS) is 23.8. The second kappa shape index (κ2) is 6.01. The van der Waals surface area contributed by atoms with Gasteiger partial charge in [-0.05, 0) is 26.7 Å². The topological polar surface area (TPSA) is 44.8 Å². The smallest absolute Gasteiger partial charge is 0.305 e. The largest absolute Gasteiger partial charge is 0.469 e. The van der Waals surface area contributed by atoms with Crippen LogP contribution in [-0.2, 0) is 19.0 Å². The van der Waals surface area contributed by atoms with Crippen molar-refractivity contribution >= 4 is 5.97 Å². The first-order valence-corrected chi connectivity index (χ1v) is 5.59. The first-order chi connectivity index (χ1) is 7.53. The Bertz CT molecular complexity index is 258. The van der Waals surface area contributed by atoms with Gasteiger partial charge in [-0.25, -0.2) is 0 Å². The lowest BCUT2D eigenvalue weighted by Crippen LogP contribution is -2.20. The van der Waals surface area contributed by atoms with Crippen LogP contribution in [0.3, 0.4) is 0 Å². The number of allylic oxidation sites excluding steroid dienone is 1. The first-order valence-electron chi connectivity index (χ1n) is 5.59. The molecule has 0 aromatic carbocycles. The highest BCUT2D eigenvalue weighted by Gasteiger charge is 2.30. The predicted octanol–water partition coefficient (Wildman–Crippen LogP) is 2.04. The van der Waals surface area contributed by atoms with Gasteiger partial charge in [0, 0.05) is 6.42 Å². The van der Waals surface area contributed by atoms with Crippen LogP contribution in [0.2, 0.25) is 0 Å². The van der Waals surface area contributed by atoms with Crippen LogP contribution < -0.4 is 0 Å². The van der Waals surface area contributed by atoms with Gasteiger partial charge in [-0.15, -0.1) is 0 Å². The molecule has 0 aliphatic carbocycles. The first kappa shape index (κ1) is 13.2. The quantitative estimate of drug-likeness (QED) is 0.410. The summed E-state index contributed by atoms with van der Waals surface area (Å²) >= 11 is 0. The Morgan fingerprint density at radius 2 is 2.31 bits per heavy atom. The summed E-state index contributed by atoms with van der Waals surface area (Å²) in [6.07, 6.45) is 6.18. The molecule has 0 spiro atoms. The van der Waals surface area contributed by atoms with E-state index in [2.05, 4.69) is 4.74 Å². The van der Waals surface area contributed by atoms with Gasteiger partial charge in [-0.2, -0.15) is 0 Å². The summed E-state index contributed by atoms with van der Waals surface area (Å²) in [4.78, 5) is 10.8. The summed E-state index contributed by atoms with van der Waals surface area (Å²) in [5, 5.41) is 0. The van der Waals surface area contributed by atoms with Crippen LogP contribution in [0.4, 0.5) is 0 Å². The van der Waals surface area contributed by atoms with Crippen molar-refractivity contribution in [1.82, 2.24) is 0 Å². The molecule has 1 atom stereocenters. The molecule has 92 valence electrons. The molecule has 0 N–H and O–H groups in total. The van der Waals surface area contributed by atoms with E-state index in [0.29, 0.717) is 13.0 Å². The Kier molecular flexibility index (Phi) is 4.96. The van der Waals surface area contributed by atoms with Crippen molar-refractivity contribution in [3.05, 3.63) is 12.2 Å². The highest BCUT2D eigenvalue weighted by Crippen LogP contribution is 2.22. The zero-order valence-corrected chi connectivity index (χ0v) is 10.2. The Morgan fingerprint density at radius 3 is 2.88 bits per heavy atom. The molecule has 0 amide bonds. The van der Waals surface area contributed by atoms with Crippen LogP contribution in [0.25, 0.3) is 0 Å². The SMILES string of the molecule is COC(=O)CCC/C=C/[C@H]1COC(C)(C)O1. The fourth-order valence-electron chi connectivity index (χ4n) is 1.52. The van der Waals surface area contributed by atoms with Gasteiger partial charge in [0.05, 0.1) is 13.7 Å². The molecule has 1 saturated heterocycles. The van der Waals surface area contributed by atoms with Crippen LogP contribution >= 0.6 is 0 Å². The van der Waals surface area contributed by atoms with Crippen molar-refractivity contribution in [2.75, 3.05) is 13.7 Å². The fourth-order valence-corrected chi connectivity index (χ4v) is 1.52. The molecule has 0 aromatic rings. The molecule has 1 fully saturated rings. The molecule has 1 aliphatic heterocycles. The number of hydrogen-bond acceptors (Lipinski definition) is 4. The molecule has 0 bridgehead atoms. The number of esters is 1. The van der Waals surface area contributed by atoms with Crippen LogP contribution in [0, 0.1) is 0 Å². The summed E-state index contributed by atoms with van der Waals surface area (Å²) < 4.78 is 15.6. The van der Waals surface area contributed by atoms with E-state index in [1.807, 2.05) is 26.0 Å². The van der Waals surface area contributed by atoms with Crippen molar-refractivity contribution in [3.8, 4) is 0 Å². The van der Waals surface area contributed by atoms with Crippen LogP contribution in [0.1, 0.15) is 33.1 Å². The van der Waals surface area contributed by atoms with Gasteiger partial charge in [0.25, 0.3) is 0 Å². The highest BCUT2D eigenvalue weighted by molar-refractivity contribution is 5.68. The third-order valence-electron chi connectivity index (χ3n) is 2.36. The van der Waals surface area contributed by atoms with Gasteiger partial charge in [-0.3, -0.25) is 4.79 Å². The maximum atomic E-state index is 10.8. The molecule has 4 heteroatoms. The van der Waals surface area contributed by atoms with Gasteiger partial charge < -0.3 is 14.2 Å². The third kappa shape index (κ3) is 4.77. The maximum Gasteiger partial charge on any atom is 0.305 e. The molecule has 1 aliphatic rings. The zero-order valence-electron chi connectivity index (χ0n) is 10.2. The van der Waals surface area contributed by atoms with E-state index in [-0.39, 0.29) is 12.1 Å². The van der Waals surface area contributed by atoms with Gasteiger partial charge >= 0.3 is 5.97 Å². The summed E-state index contributed by atoms with van der Waals surface area (Å²) in [7, 11) is 1.41. The molecule has 16 heavy (non-hydrogen) atoms. The highest BCUT2D eigenvalue weighted by atomic mass is 16.7. The summed E-state index contributed by atoms with van der Waals surface area (Å²) in [6, 6.07) is 0. The van der Waals surface area contributed by atoms with Gasteiger partial charge in [0.1, 0.15) is 6.10 Å². The number of hydrogen-bond donors (Lipinski definition) is 0. The van der Waals surface area contributed by atoms with E-state index in [0.717, 1.165) is 12.8 Å². The fraction of sp³-hybridized carbons (Fsp3) is 0.750. The van der Waals surface area contributed by atoms with Crippen LogP contribution in [0.5, 0.6) is 0 Å². The second-order valence-electron chi connectivity index (χ2n) is 4.26. The monoisotopic (exact) mass is 228 g/mol. The lowest BCUT2D eigenvalue weighted by Gasteiger charge is -2.15. The minimum absolute atomic E-state index is 0.0353. The molecule has 4 nitrogen and oxygen atoms in total. The van der Waals surface area contributed by atoms with Gasteiger partial charge in [0.15, 0.2) is 5.79 Å². The average Bonchev–Trinajstić information content (AvgIpc) is 2.57. The lowest BCUT2D eigenvalue weighted by atomic mass is 10.2. The lowest BCUT2D eigenvalue weighted by molar-refractivity contribution is -0.140. The number of carbonyl (C=O) groups is 1. The van der Waals surface area contributed by atoms with Crippen molar-refractivity contribution in [3.63, 3.8) is 0 Å². The van der Waals surface area contributed by atoms with Crippen molar-refractivity contribution in [2.24, 2.45) is 0 Å². The summed E-state index contributed by atoms with van der Waals surface area (Å²) in [5.41, 5.74) is 0. The minimum atomic E-state index is -0.471. The van der Waals surface area contributed by atoms with E-state index in [1.165, 1.54) is 7.11 Å². The van der Waals surface area contributed by atoms with Gasteiger partial charge in [0.2, 0.25) is 0 Å². The molecule has 1 rings (SSSR count). The molecular formula is C12H20O4. The van der Waals surface area contributed by atoms with Gasteiger partial charge in [-0.1, -0.05) is 12.2 Å². The maximum absolute atomic E-state index is 10.8. The standard InChI is InChI=1S/C12H20O4/c1-12(2)15-9-10(16-12)7-5-4-6-8-11(13)14-3/h5,7,10H,4,6,8-9H2,1-3H3/b7-5+/t10-/m0/s1. The van der Waals surface area contributed by atoms with E-state index >= 15 is 0 Å².